The standard InChI is InChI=1S/C19H32N2O5.C16H18N3O10S/c1-4-8-14(19(25)26-5-2)20-12(3)17(22)21-15-10-7-6-9-13(15)11-16(21)18(23)24;1-9-2-4-10(5-3-9)30(26,27)15-14(18-29-19(15)25)28-7-6-12(20)17-11(16(23)24)8-13(21)22/h12-16,20H,4-11H2,1-3H3,(H,23,24);2-5,11,18H,6-8H2,1H3,(H,17,20)(H,21,22)(H,23,24)/q;-1/t12-,13-,14-,15-,16-;11-/m00/s1. The van der Waals surface area contributed by atoms with Gasteiger partial charge >= 0.3 is 23.9 Å². The van der Waals surface area contributed by atoms with Gasteiger partial charge in [0.1, 0.15) is 18.1 Å². The second-order valence-corrected chi connectivity index (χ2v) is 15.3. The van der Waals surface area contributed by atoms with Crippen LogP contribution in [0.25, 0.3) is 0 Å². The van der Waals surface area contributed by atoms with Gasteiger partial charge in [0, 0.05) is 6.04 Å². The minimum absolute atomic E-state index is 0.00817. The maximum Gasteiger partial charge on any atom is 0.326 e. The number of hydrogen-bond donors (Lipinski definition) is 6. The molecule has 20 nitrogen and oxygen atoms in total. The first-order valence-electron chi connectivity index (χ1n) is 18.2. The second kappa shape index (κ2) is 20.8. The summed E-state index contributed by atoms with van der Waals surface area (Å²) in [5, 5.41) is 42.9. The van der Waals surface area contributed by atoms with Crippen molar-refractivity contribution >= 4 is 45.5 Å². The highest BCUT2D eigenvalue weighted by Gasteiger charge is 2.48. The first-order chi connectivity index (χ1) is 26.4. The number of nitrogens with one attached hydrogen (secondary N) is 3. The molecule has 2 aliphatic heterocycles. The number of fused-ring (bicyclic) bond motifs is 1. The van der Waals surface area contributed by atoms with E-state index in [1.54, 1.807) is 25.7 Å². The number of carbonyl (C=O) groups excluding carboxylic acids is 3. The minimum atomic E-state index is -4.31. The number of sulfone groups is 1. The Morgan fingerprint density at radius 2 is 1.70 bits per heavy atom. The van der Waals surface area contributed by atoms with Crippen LogP contribution in [0.4, 0.5) is 0 Å². The number of carboxylic acid groups (broad SMARTS) is 3. The van der Waals surface area contributed by atoms with Crippen LogP contribution >= 0.6 is 0 Å². The Kier molecular flexibility index (Phi) is 16.9. The summed E-state index contributed by atoms with van der Waals surface area (Å²) >= 11 is 0. The van der Waals surface area contributed by atoms with Crippen LogP contribution < -0.4 is 16.1 Å². The van der Waals surface area contributed by atoms with Gasteiger partial charge in [-0.05, 0) is 64.5 Å². The van der Waals surface area contributed by atoms with Crippen LogP contribution in [-0.4, -0.2) is 113 Å². The molecule has 2 fully saturated rings. The Labute approximate surface area is 323 Å². The van der Waals surface area contributed by atoms with Crippen molar-refractivity contribution in [2.24, 2.45) is 5.92 Å². The number of carbonyl (C=O) groups is 6. The molecular weight excluding hydrogens is 762 g/mol. The van der Waals surface area contributed by atoms with E-state index >= 15 is 0 Å². The van der Waals surface area contributed by atoms with Crippen molar-refractivity contribution in [2.45, 2.75) is 121 Å². The number of carboxylic acids is 3. The maximum absolute atomic E-state index is 13.1. The molecule has 0 radical (unpaired) electrons. The molecule has 6 N–H and O–H groups in total. The monoisotopic (exact) mass is 812 g/mol. The molecule has 3 aliphatic rings. The number of hydrogen-bond acceptors (Lipinski definition) is 15. The first kappa shape index (κ1) is 45.4. The van der Waals surface area contributed by atoms with E-state index in [4.69, 9.17) is 19.7 Å². The molecule has 21 heteroatoms. The lowest BCUT2D eigenvalue weighted by atomic mass is 9.84. The number of rotatable bonds is 18. The Bertz CT molecular complexity index is 1720. The molecule has 56 heavy (non-hydrogen) atoms. The van der Waals surface area contributed by atoms with Gasteiger partial charge in [0.05, 0.1) is 37.0 Å². The van der Waals surface area contributed by atoms with Gasteiger partial charge < -0.3 is 40.2 Å². The highest BCUT2D eigenvalue weighted by atomic mass is 32.2. The van der Waals surface area contributed by atoms with Gasteiger partial charge in [-0.25, -0.2) is 23.5 Å². The average Bonchev–Trinajstić information content (AvgIpc) is 3.72. The van der Waals surface area contributed by atoms with E-state index in [9.17, 15) is 47.5 Å². The Hall–Kier alpha value is -4.99. The topological polar surface area (TPSA) is 291 Å². The smallest absolute Gasteiger partial charge is 0.326 e. The van der Waals surface area contributed by atoms with E-state index in [1.165, 1.54) is 24.3 Å². The van der Waals surface area contributed by atoms with Crippen molar-refractivity contribution in [1.29, 1.82) is 0 Å². The Morgan fingerprint density at radius 3 is 2.29 bits per heavy atom. The minimum Gasteiger partial charge on any atom is -0.731 e. The molecule has 0 unspecified atom stereocenters. The molecule has 1 saturated heterocycles. The van der Waals surface area contributed by atoms with Crippen molar-refractivity contribution in [3.63, 3.8) is 0 Å². The molecule has 1 saturated carbocycles. The lowest BCUT2D eigenvalue weighted by Gasteiger charge is -2.35. The first-order valence-corrected chi connectivity index (χ1v) is 19.7. The molecule has 2 heterocycles. The number of amides is 2. The number of aryl methyl sites for hydroxylation is 1. The zero-order chi connectivity index (χ0) is 41.7. The third kappa shape index (κ3) is 12.0. The Balaban J connectivity index is 0.000000303. The highest BCUT2D eigenvalue weighted by Crippen LogP contribution is 2.40. The van der Waals surface area contributed by atoms with Gasteiger partial charge in [-0.3, -0.25) is 29.7 Å². The molecular formula is C35H50N5O15S-. The lowest BCUT2D eigenvalue weighted by Crippen LogP contribution is -2.55. The van der Waals surface area contributed by atoms with Gasteiger partial charge in [0.25, 0.3) is 5.88 Å². The summed E-state index contributed by atoms with van der Waals surface area (Å²) < 4.78 is 35.6. The van der Waals surface area contributed by atoms with Crippen LogP contribution in [0, 0.1) is 18.0 Å². The normalized spacial score (nSPS) is 20.7. The fourth-order valence-corrected chi connectivity index (χ4v) is 7.97. The third-order valence-electron chi connectivity index (χ3n) is 9.35. The number of benzene rings is 1. The van der Waals surface area contributed by atoms with Gasteiger partial charge in [-0.2, -0.15) is 4.94 Å². The van der Waals surface area contributed by atoms with Crippen LogP contribution in [0.1, 0.15) is 84.1 Å². The van der Waals surface area contributed by atoms with Crippen molar-refractivity contribution in [2.75, 3.05) is 13.2 Å². The van der Waals surface area contributed by atoms with Crippen molar-refractivity contribution in [1.82, 2.24) is 26.2 Å². The van der Waals surface area contributed by atoms with E-state index in [0.717, 1.165) is 37.7 Å². The lowest BCUT2D eigenvalue weighted by molar-refractivity contribution is -0.152. The van der Waals surface area contributed by atoms with Crippen LogP contribution in [0.15, 0.2) is 40.1 Å². The molecule has 312 valence electrons. The number of aliphatic carboxylic acids is 3. The predicted octanol–water partition coefficient (Wildman–Crippen LogP) is 1.54. The molecule has 0 bridgehead atoms. The van der Waals surface area contributed by atoms with E-state index in [1.807, 2.05) is 17.7 Å². The fourth-order valence-electron chi connectivity index (χ4n) is 6.67. The predicted molar refractivity (Wildman–Crippen MR) is 194 cm³/mol. The summed E-state index contributed by atoms with van der Waals surface area (Å²) in [5.74, 6) is -5.61. The van der Waals surface area contributed by atoms with E-state index in [2.05, 4.69) is 10.3 Å². The number of ether oxygens (including phenoxy) is 2. The average molecular weight is 813 g/mol. The molecule has 4 rings (SSSR count). The van der Waals surface area contributed by atoms with Gasteiger partial charge in [-0.1, -0.05) is 43.9 Å². The molecule has 6 atom stereocenters. The number of nitrogens with zero attached hydrogens (tertiary/aromatic N) is 2. The summed E-state index contributed by atoms with van der Waals surface area (Å²) in [5.41, 5.74) is 2.79. The summed E-state index contributed by atoms with van der Waals surface area (Å²) in [6.45, 7) is 7.01. The fraction of sp³-hybridized carbons (Fsp3) is 0.600. The number of hydroxylamine groups is 3. The van der Waals surface area contributed by atoms with Gasteiger partial charge in [0.15, 0.2) is 0 Å². The van der Waals surface area contributed by atoms with Crippen LogP contribution in [0.5, 0.6) is 0 Å². The summed E-state index contributed by atoms with van der Waals surface area (Å²) in [7, 11) is -4.31. The van der Waals surface area contributed by atoms with E-state index in [0.29, 0.717) is 19.4 Å². The summed E-state index contributed by atoms with van der Waals surface area (Å²) in [6.07, 6.45) is 4.59. The zero-order valence-electron chi connectivity index (χ0n) is 31.6. The molecule has 2 amide bonds. The van der Waals surface area contributed by atoms with Crippen molar-refractivity contribution in [3.05, 3.63) is 45.9 Å². The Morgan fingerprint density at radius 1 is 1.04 bits per heavy atom. The SMILES string of the molecule is CCC[C@H](N[C@@H](C)C(=O)N1[C@H](C(=O)O)C[C@@H]2CCCC[C@@H]21)C(=O)OCC.Cc1ccc(S(=O)(=O)C2=C(OCCC(=O)N[C@@H](CC(=O)O)C(=O)O)NON2[O-])cc1. The van der Waals surface area contributed by atoms with Crippen molar-refractivity contribution < 1.29 is 66.9 Å². The highest BCUT2D eigenvalue weighted by molar-refractivity contribution is 7.95. The van der Waals surface area contributed by atoms with Gasteiger partial charge in [-0.15, -0.1) is 0 Å². The van der Waals surface area contributed by atoms with E-state index < -0.39 is 88.2 Å². The van der Waals surface area contributed by atoms with Crippen LogP contribution in [-0.2, 0) is 53.0 Å². The van der Waals surface area contributed by atoms with Gasteiger partial charge in [0.2, 0.25) is 26.7 Å². The third-order valence-corrected chi connectivity index (χ3v) is 11.1. The molecule has 1 aromatic rings. The molecule has 1 aliphatic carbocycles. The molecule has 0 spiro atoms. The summed E-state index contributed by atoms with van der Waals surface area (Å²) in [6, 6.07) is 2.09. The maximum atomic E-state index is 13.1. The van der Waals surface area contributed by atoms with E-state index in [-0.39, 0.29) is 34.0 Å². The van der Waals surface area contributed by atoms with Crippen LogP contribution in [0.3, 0.4) is 0 Å². The molecule has 1 aromatic carbocycles. The van der Waals surface area contributed by atoms with Crippen molar-refractivity contribution in [3.8, 4) is 0 Å². The number of likely N-dealkylation sites (tertiary alicyclic amines) is 1. The zero-order valence-corrected chi connectivity index (χ0v) is 32.4. The second-order valence-electron chi connectivity index (χ2n) is 13.5. The molecule has 0 aromatic heterocycles. The summed E-state index contributed by atoms with van der Waals surface area (Å²) in [4.78, 5) is 76.1. The largest absolute Gasteiger partial charge is 0.731 e. The van der Waals surface area contributed by atoms with Crippen LogP contribution in [0.2, 0.25) is 0 Å². The number of esters is 1. The quantitative estimate of drug-likeness (QED) is 0.115.